The summed E-state index contributed by atoms with van der Waals surface area (Å²) in [5.74, 6) is -2.84. The van der Waals surface area contributed by atoms with E-state index in [9.17, 15) is 39.6 Å². The summed E-state index contributed by atoms with van der Waals surface area (Å²) in [4.78, 5) is 16.2. The van der Waals surface area contributed by atoms with E-state index in [4.69, 9.17) is 16.3 Å². The van der Waals surface area contributed by atoms with Crippen LogP contribution in [0.15, 0.2) is 59.6 Å². The van der Waals surface area contributed by atoms with Crippen LogP contribution in [0.2, 0.25) is 5.02 Å². The van der Waals surface area contributed by atoms with E-state index in [0.717, 1.165) is 30.5 Å². The number of hydrogen-bond acceptors (Lipinski definition) is 6. The van der Waals surface area contributed by atoms with E-state index in [2.05, 4.69) is 15.0 Å². The van der Waals surface area contributed by atoms with Crippen LogP contribution in [0.3, 0.4) is 0 Å². The highest BCUT2D eigenvalue weighted by molar-refractivity contribution is 7.90. The Morgan fingerprint density at radius 1 is 1.03 bits per heavy atom. The first-order valence-electron chi connectivity index (χ1n) is 9.45. The first-order chi connectivity index (χ1) is 16.5. The summed E-state index contributed by atoms with van der Waals surface area (Å²) in [6.45, 7) is 0. The predicted molar refractivity (Wildman–Crippen MR) is 115 cm³/mol. The zero-order valence-corrected chi connectivity index (χ0v) is 19.3. The minimum Gasteiger partial charge on any atom is -0.437 e. The first kappa shape index (κ1) is 27.1. The molecule has 0 spiro atoms. The maximum absolute atomic E-state index is 13.2. The summed E-state index contributed by atoms with van der Waals surface area (Å²) < 4.78 is 109. The van der Waals surface area contributed by atoms with Crippen molar-refractivity contribution in [3.63, 3.8) is 0 Å². The second-order valence-corrected chi connectivity index (χ2v) is 9.49. The maximum Gasteiger partial charge on any atom is 0.573 e. The Labute approximate surface area is 204 Å². The molecular formula is C21H13ClF6N2O5S. The summed E-state index contributed by atoms with van der Waals surface area (Å²) in [6, 6.07) is 7.88. The molecule has 1 aromatic heterocycles. The third-order valence-electron chi connectivity index (χ3n) is 4.29. The molecule has 0 bridgehead atoms. The molecule has 0 aliphatic carbocycles. The number of sulfone groups is 1. The van der Waals surface area contributed by atoms with Gasteiger partial charge in [-0.25, -0.2) is 13.4 Å². The number of nitrogens with one attached hydrogen (secondary N) is 1. The van der Waals surface area contributed by atoms with E-state index >= 15 is 0 Å². The van der Waals surface area contributed by atoms with Crippen molar-refractivity contribution >= 4 is 33.0 Å². The lowest BCUT2D eigenvalue weighted by Crippen LogP contribution is -2.17. The second-order valence-electron chi connectivity index (χ2n) is 7.07. The number of ether oxygens (including phenoxy) is 2. The molecule has 7 nitrogen and oxygen atoms in total. The molecule has 0 unspecified atom stereocenters. The SMILES string of the molecule is CS(=O)(=O)c1cccc(NC(=O)c2cc(C(F)(F)F)cnc2Oc2ccc(OC(F)(F)F)cc2Cl)c1. The number of carbonyl (C=O) groups is 1. The molecule has 192 valence electrons. The molecule has 0 aliphatic rings. The van der Waals surface area contributed by atoms with Gasteiger partial charge in [0.05, 0.1) is 15.5 Å². The fourth-order valence-corrected chi connectivity index (χ4v) is 3.60. The number of aromatic nitrogens is 1. The number of anilines is 1. The number of hydrogen-bond donors (Lipinski definition) is 1. The van der Waals surface area contributed by atoms with E-state index in [1.165, 1.54) is 18.2 Å². The monoisotopic (exact) mass is 554 g/mol. The molecule has 0 saturated heterocycles. The minimum atomic E-state index is -5.00. The van der Waals surface area contributed by atoms with Crippen LogP contribution in [-0.2, 0) is 16.0 Å². The van der Waals surface area contributed by atoms with E-state index in [-0.39, 0.29) is 16.3 Å². The number of carbonyl (C=O) groups excluding carboxylic acids is 1. The Morgan fingerprint density at radius 3 is 2.31 bits per heavy atom. The van der Waals surface area contributed by atoms with Crippen LogP contribution in [-0.4, -0.2) is 31.9 Å². The lowest BCUT2D eigenvalue weighted by Gasteiger charge is -2.15. The van der Waals surface area contributed by atoms with Gasteiger partial charge in [0, 0.05) is 24.2 Å². The molecule has 0 fully saturated rings. The van der Waals surface area contributed by atoms with E-state index in [1.807, 2.05) is 0 Å². The van der Waals surface area contributed by atoms with Crippen LogP contribution in [0.4, 0.5) is 32.0 Å². The van der Waals surface area contributed by atoms with Crippen LogP contribution in [0.5, 0.6) is 17.4 Å². The Hall–Kier alpha value is -3.52. The van der Waals surface area contributed by atoms with Gasteiger partial charge in [0.25, 0.3) is 5.91 Å². The standard InChI is InChI=1S/C21H13ClF6N2O5S/c1-36(32,33)14-4-2-3-12(8-14)30-18(31)15-7-11(20(23,24)25)10-29-19(15)34-17-6-5-13(9-16(17)22)35-21(26,27)28/h2-10H,1H3,(H,30,31). The van der Waals surface area contributed by atoms with E-state index in [0.29, 0.717) is 12.3 Å². The third-order valence-corrected chi connectivity index (χ3v) is 5.69. The minimum absolute atomic E-state index is 0.0574. The summed E-state index contributed by atoms with van der Waals surface area (Å²) in [5.41, 5.74) is -2.08. The molecule has 0 aliphatic heterocycles. The van der Waals surface area contributed by atoms with E-state index in [1.54, 1.807) is 0 Å². The second kappa shape index (κ2) is 9.85. The quantitative estimate of drug-likeness (QED) is 0.370. The highest BCUT2D eigenvalue weighted by atomic mass is 35.5. The highest BCUT2D eigenvalue weighted by Gasteiger charge is 2.34. The Morgan fingerprint density at radius 2 is 1.72 bits per heavy atom. The van der Waals surface area contributed by atoms with Gasteiger partial charge in [0.15, 0.2) is 9.84 Å². The molecular weight excluding hydrogens is 542 g/mol. The van der Waals surface area contributed by atoms with Crippen molar-refractivity contribution in [2.24, 2.45) is 0 Å². The molecule has 3 aromatic rings. The molecule has 1 N–H and O–H groups in total. The van der Waals surface area contributed by atoms with E-state index < -0.39 is 56.1 Å². The Bertz CT molecular complexity index is 1410. The molecule has 3 rings (SSSR count). The van der Waals surface area contributed by atoms with Gasteiger partial charge < -0.3 is 14.8 Å². The Kier molecular flexibility index (Phi) is 7.41. The van der Waals surface area contributed by atoms with Crippen LogP contribution in [0, 0.1) is 0 Å². The van der Waals surface area contributed by atoms with Gasteiger partial charge in [-0.15, -0.1) is 13.2 Å². The summed E-state index contributed by atoms with van der Waals surface area (Å²) in [5, 5.41) is 1.83. The zero-order valence-electron chi connectivity index (χ0n) is 17.7. The van der Waals surface area contributed by atoms with Gasteiger partial charge in [-0.3, -0.25) is 4.79 Å². The summed E-state index contributed by atoms with van der Waals surface area (Å²) in [6.07, 6.45) is -8.58. The number of halogens is 7. The van der Waals surface area contributed by atoms with Crippen molar-refractivity contribution in [3.8, 4) is 17.4 Å². The third kappa shape index (κ3) is 7.01. The average Bonchev–Trinajstić information content (AvgIpc) is 2.73. The first-order valence-corrected chi connectivity index (χ1v) is 11.7. The summed E-state index contributed by atoms with van der Waals surface area (Å²) >= 11 is 5.90. The van der Waals surface area contributed by atoms with Gasteiger partial charge in [-0.1, -0.05) is 17.7 Å². The van der Waals surface area contributed by atoms with Crippen molar-refractivity contribution < 1.29 is 49.0 Å². The topological polar surface area (TPSA) is 94.6 Å². The summed E-state index contributed by atoms with van der Waals surface area (Å²) in [7, 11) is -3.65. The number of benzene rings is 2. The lowest BCUT2D eigenvalue weighted by atomic mass is 10.1. The van der Waals surface area contributed by atoms with Crippen molar-refractivity contribution in [2.45, 2.75) is 17.4 Å². The van der Waals surface area contributed by atoms with Crippen molar-refractivity contribution in [2.75, 3.05) is 11.6 Å². The van der Waals surface area contributed by atoms with Gasteiger partial charge in [0.1, 0.15) is 17.1 Å². The van der Waals surface area contributed by atoms with Crippen LogP contribution >= 0.6 is 11.6 Å². The molecule has 1 heterocycles. The number of nitrogens with zero attached hydrogens (tertiary/aromatic N) is 1. The number of rotatable bonds is 6. The van der Waals surface area contributed by atoms with Crippen molar-refractivity contribution in [1.82, 2.24) is 4.98 Å². The molecule has 36 heavy (non-hydrogen) atoms. The molecule has 0 radical (unpaired) electrons. The fourth-order valence-electron chi connectivity index (χ4n) is 2.72. The molecule has 15 heteroatoms. The number of amides is 1. The van der Waals surface area contributed by atoms with Crippen LogP contribution in [0.1, 0.15) is 15.9 Å². The highest BCUT2D eigenvalue weighted by Crippen LogP contribution is 2.37. The fraction of sp³-hybridized carbons (Fsp3) is 0.143. The zero-order chi connectivity index (χ0) is 26.9. The molecule has 2 aromatic carbocycles. The molecule has 1 amide bonds. The largest absolute Gasteiger partial charge is 0.573 e. The van der Waals surface area contributed by atoms with Crippen LogP contribution < -0.4 is 14.8 Å². The number of alkyl halides is 6. The predicted octanol–water partition coefficient (Wildman–Crippen LogP) is 6.10. The van der Waals surface area contributed by atoms with Crippen molar-refractivity contribution in [3.05, 3.63) is 70.9 Å². The smallest absolute Gasteiger partial charge is 0.437 e. The lowest BCUT2D eigenvalue weighted by molar-refractivity contribution is -0.274. The van der Waals surface area contributed by atoms with Crippen molar-refractivity contribution in [1.29, 1.82) is 0 Å². The van der Waals surface area contributed by atoms with Gasteiger partial charge in [-0.2, -0.15) is 13.2 Å². The molecule has 0 saturated carbocycles. The molecule has 0 atom stereocenters. The average molecular weight is 555 g/mol. The normalized spacial score (nSPS) is 12.2. The maximum atomic E-state index is 13.2. The van der Waals surface area contributed by atoms with Gasteiger partial charge in [-0.05, 0) is 36.4 Å². The van der Waals surface area contributed by atoms with Gasteiger partial charge >= 0.3 is 12.5 Å². The number of pyridine rings is 1. The van der Waals surface area contributed by atoms with Gasteiger partial charge in [0.2, 0.25) is 5.88 Å². The van der Waals surface area contributed by atoms with Crippen LogP contribution in [0.25, 0.3) is 0 Å². The Balaban J connectivity index is 1.97.